The molecule has 0 aromatic rings. The van der Waals surface area contributed by atoms with Crippen LogP contribution in [0.25, 0.3) is 0 Å². The highest BCUT2D eigenvalue weighted by Crippen LogP contribution is 2.19. The van der Waals surface area contributed by atoms with E-state index in [9.17, 15) is 19.2 Å². The summed E-state index contributed by atoms with van der Waals surface area (Å²) in [6.07, 6.45) is 1.88. The third-order valence-corrected chi connectivity index (χ3v) is 11.2. The molecule has 9 nitrogen and oxygen atoms in total. The zero-order valence-electron chi connectivity index (χ0n) is 21.3. The Bertz CT molecular complexity index is 715. The molecule has 0 radical (unpaired) electrons. The highest BCUT2D eigenvalue weighted by atomic mass is 32.2. The maximum Gasteiger partial charge on any atom is 0.500 e. The molecule has 0 aliphatic rings. The lowest BCUT2D eigenvalue weighted by molar-refractivity contribution is -0.144. The van der Waals surface area contributed by atoms with E-state index in [1.54, 1.807) is 30.6 Å². The van der Waals surface area contributed by atoms with Gasteiger partial charge in [0, 0.05) is 36.9 Å². The minimum absolute atomic E-state index is 0.177. The third-order valence-electron chi connectivity index (χ3n) is 4.75. The quantitative estimate of drug-likeness (QED) is 0.0660. The highest BCUT2D eigenvalue weighted by Gasteiger charge is 2.39. The standard InChI is InChI=1S/C23H39NO8SSi2/c1-5-29-23(28)19-24(12-10-18-35(30-6-2,31-7-3)32-8-4)21-33-15-9-11-22(20-27)34(16-13-25)17-14-26/h16-17,34H,5-12,15,18-19,21H2,1-4H3. The van der Waals surface area contributed by atoms with Crippen molar-refractivity contribution in [2.24, 2.45) is 0 Å². The number of nitrogens with zero attached hydrogens (tertiary/aromatic N) is 1. The fourth-order valence-electron chi connectivity index (χ4n) is 3.34. The zero-order chi connectivity index (χ0) is 26.4. The van der Waals surface area contributed by atoms with Crippen molar-refractivity contribution in [3.05, 3.63) is 16.6 Å². The smallest absolute Gasteiger partial charge is 0.465 e. The van der Waals surface area contributed by atoms with Gasteiger partial charge in [-0.25, -0.2) is 14.4 Å². The molecular weight excluding hydrogens is 506 g/mol. The topological polar surface area (TPSA) is 108 Å². The van der Waals surface area contributed by atoms with Gasteiger partial charge in [-0.15, -0.1) is 11.8 Å². The fraction of sp³-hybridized carbons (Fsp3) is 0.696. The highest BCUT2D eigenvalue weighted by molar-refractivity contribution is 7.99. The number of esters is 1. The minimum Gasteiger partial charge on any atom is -0.465 e. The SMILES string of the molecule is CCOC(=O)CN(CCC[Si](OCC)(OCC)OCC)CSCCCC(=C=O)[SiH](C=C=O)C=C=O. The van der Waals surface area contributed by atoms with Crippen molar-refractivity contribution in [1.29, 1.82) is 0 Å². The van der Waals surface area contributed by atoms with Gasteiger partial charge in [-0.2, -0.15) is 0 Å². The number of allylic oxidation sites excluding steroid dienone is 1. The first-order valence-electron chi connectivity index (χ1n) is 12.0. The summed E-state index contributed by atoms with van der Waals surface area (Å²) >= 11 is 1.63. The number of hydrogen-bond acceptors (Lipinski definition) is 10. The van der Waals surface area contributed by atoms with Crippen molar-refractivity contribution >= 4 is 53.2 Å². The van der Waals surface area contributed by atoms with Gasteiger partial charge in [0.1, 0.15) is 17.8 Å². The second kappa shape index (κ2) is 21.7. The van der Waals surface area contributed by atoms with Gasteiger partial charge in [-0.1, -0.05) is 0 Å². The van der Waals surface area contributed by atoms with Gasteiger partial charge in [0.25, 0.3) is 0 Å². The zero-order valence-corrected chi connectivity index (χ0v) is 24.3. The summed E-state index contributed by atoms with van der Waals surface area (Å²) in [6, 6.07) is 0.653. The molecule has 0 aromatic carbocycles. The molecule has 0 bridgehead atoms. The van der Waals surface area contributed by atoms with Gasteiger partial charge >= 0.3 is 14.8 Å². The molecular formula is C23H39NO8SSi2. The van der Waals surface area contributed by atoms with Crippen LogP contribution in [0.15, 0.2) is 16.6 Å². The Balaban J connectivity index is 4.89. The van der Waals surface area contributed by atoms with Crippen LogP contribution in [0.5, 0.6) is 0 Å². The number of ether oxygens (including phenoxy) is 1. The molecule has 0 saturated carbocycles. The van der Waals surface area contributed by atoms with Crippen molar-refractivity contribution in [3.8, 4) is 0 Å². The Kier molecular flexibility index (Phi) is 20.7. The van der Waals surface area contributed by atoms with E-state index in [0.29, 0.717) is 62.9 Å². The normalized spacial score (nSPS) is 11.8. The van der Waals surface area contributed by atoms with Gasteiger partial charge in [-0.3, -0.25) is 9.69 Å². The molecule has 0 aliphatic heterocycles. The van der Waals surface area contributed by atoms with E-state index in [2.05, 4.69) is 0 Å². The molecule has 0 N–H and O–H groups in total. The summed E-state index contributed by atoms with van der Waals surface area (Å²) in [4.78, 5) is 46.7. The van der Waals surface area contributed by atoms with Gasteiger partial charge in [0.15, 0.2) is 8.80 Å². The second-order valence-corrected chi connectivity index (χ2v) is 13.5. The second-order valence-electron chi connectivity index (χ2n) is 7.31. The average molecular weight is 546 g/mol. The summed E-state index contributed by atoms with van der Waals surface area (Å²) in [5.41, 5.74) is 2.49. The van der Waals surface area contributed by atoms with Crippen LogP contribution in [0.2, 0.25) is 6.04 Å². The van der Waals surface area contributed by atoms with Gasteiger partial charge < -0.3 is 18.0 Å². The number of carbonyl (C=O) groups excluding carboxylic acids is 4. The first kappa shape index (κ1) is 33.4. The lowest BCUT2D eigenvalue weighted by Gasteiger charge is -2.29. The molecule has 0 unspecified atom stereocenters. The lowest BCUT2D eigenvalue weighted by Crippen LogP contribution is -2.46. The molecule has 0 aromatic heterocycles. The average Bonchev–Trinajstić information content (AvgIpc) is 2.82. The molecule has 0 aliphatic carbocycles. The number of rotatable bonds is 22. The van der Waals surface area contributed by atoms with Crippen LogP contribution >= 0.6 is 11.8 Å². The summed E-state index contributed by atoms with van der Waals surface area (Å²) in [7, 11) is -4.96. The number of hydrogen-bond donors (Lipinski definition) is 0. The molecule has 0 fully saturated rings. The van der Waals surface area contributed by atoms with E-state index in [4.69, 9.17) is 18.0 Å². The van der Waals surface area contributed by atoms with E-state index >= 15 is 0 Å². The lowest BCUT2D eigenvalue weighted by atomic mass is 10.3. The summed E-state index contributed by atoms with van der Waals surface area (Å²) < 4.78 is 22.8. The Morgan fingerprint density at radius 2 is 1.54 bits per heavy atom. The van der Waals surface area contributed by atoms with E-state index < -0.39 is 17.6 Å². The van der Waals surface area contributed by atoms with Crippen molar-refractivity contribution in [2.75, 3.05) is 51.1 Å². The van der Waals surface area contributed by atoms with Gasteiger partial charge in [-0.05, 0) is 70.7 Å². The summed E-state index contributed by atoms with van der Waals surface area (Å²) in [6.45, 7) is 10.2. The van der Waals surface area contributed by atoms with E-state index in [1.807, 2.05) is 31.6 Å². The van der Waals surface area contributed by atoms with Crippen LogP contribution in [0.4, 0.5) is 0 Å². The first-order valence-corrected chi connectivity index (χ1v) is 17.0. The van der Waals surface area contributed by atoms with Crippen LogP contribution in [0, 0.1) is 0 Å². The molecule has 198 valence electrons. The summed E-state index contributed by atoms with van der Waals surface area (Å²) in [5.74, 6) is 6.27. The molecule has 0 atom stereocenters. The van der Waals surface area contributed by atoms with Gasteiger partial charge in [0.05, 0.1) is 13.2 Å². The maximum absolute atomic E-state index is 12.1. The van der Waals surface area contributed by atoms with E-state index in [0.717, 1.165) is 12.2 Å². The molecule has 0 amide bonds. The molecule has 12 heteroatoms. The Morgan fingerprint density at radius 1 is 0.943 bits per heavy atom. The molecule has 0 spiro atoms. The first-order chi connectivity index (χ1) is 16.9. The van der Waals surface area contributed by atoms with Crippen LogP contribution in [0.3, 0.4) is 0 Å². The Labute approximate surface area is 215 Å². The van der Waals surface area contributed by atoms with Crippen molar-refractivity contribution in [1.82, 2.24) is 4.90 Å². The summed E-state index contributed by atoms with van der Waals surface area (Å²) in [5, 5.41) is 0.449. The fourth-order valence-corrected chi connectivity index (χ4v) is 8.35. The van der Waals surface area contributed by atoms with E-state index in [-0.39, 0.29) is 12.5 Å². The van der Waals surface area contributed by atoms with Crippen molar-refractivity contribution in [2.45, 2.75) is 53.0 Å². The van der Waals surface area contributed by atoms with Crippen LogP contribution in [-0.4, -0.2) is 97.4 Å². The number of carbonyl (C=O) groups is 1. The molecule has 0 heterocycles. The predicted molar refractivity (Wildman–Crippen MR) is 142 cm³/mol. The molecule has 35 heavy (non-hydrogen) atoms. The van der Waals surface area contributed by atoms with Crippen LogP contribution in [-0.2, 0) is 37.2 Å². The van der Waals surface area contributed by atoms with Crippen molar-refractivity contribution in [3.63, 3.8) is 0 Å². The van der Waals surface area contributed by atoms with Crippen molar-refractivity contribution < 1.29 is 37.2 Å². The molecule has 0 rings (SSSR count). The largest absolute Gasteiger partial charge is 0.500 e. The Morgan fingerprint density at radius 3 is 2.03 bits per heavy atom. The Hall–Kier alpha value is -1.56. The molecule has 0 saturated heterocycles. The third kappa shape index (κ3) is 15.2. The van der Waals surface area contributed by atoms with E-state index in [1.165, 1.54) is 11.4 Å². The van der Waals surface area contributed by atoms with Gasteiger partial charge in [0.2, 0.25) is 0 Å². The maximum atomic E-state index is 12.1. The predicted octanol–water partition coefficient (Wildman–Crippen LogP) is 2.14. The monoisotopic (exact) mass is 545 g/mol. The van der Waals surface area contributed by atoms with Crippen LogP contribution in [0.1, 0.15) is 47.0 Å². The number of thioether (sulfide) groups is 1. The van der Waals surface area contributed by atoms with Crippen LogP contribution < -0.4 is 0 Å². The minimum atomic E-state index is -2.75.